The molecule has 0 saturated heterocycles. The van der Waals surface area contributed by atoms with Gasteiger partial charge in [0.15, 0.2) is 0 Å². The molecule has 0 aliphatic rings. The average molecular weight is 171 g/mol. The number of rotatable bonds is 1. The fourth-order valence-corrected chi connectivity index (χ4v) is 1.22. The third-order valence-corrected chi connectivity index (χ3v) is 1.81. The first kappa shape index (κ1) is 7.70. The third-order valence-electron chi connectivity index (χ3n) is 1.20. The van der Waals surface area contributed by atoms with Crippen LogP contribution >= 0.6 is 24.2 Å². The minimum absolute atomic E-state index is 0.697. The maximum Gasteiger partial charge on any atom is 0.0489 e. The second-order valence-corrected chi connectivity index (χ2v) is 2.83. The molecule has 1 rings (SSSR count). The summed E-state index contributed by atoms with van der Waals surface area (Å²) in [6.07, 6.45) is 1.72. The van der Waals surface area contributed by atoms with Crippen molar-refractivity contribution < 1.29 is 0 Å². The van der Waals surface area contributed by atoms with Gasteiger partial charge in [0.2, 0.25) is 0 Å². The zero-order valence-electron chi connectivity index (χ0n) is 5.34. The first-order valence-corrected chi connectivity index (χ1v) is 3.67. The van der Waals surface area contributed by atoms with Gasteiger partial charge in [0.1, 0.15) is 0 Å². The van der Waals surface area contributed by atoms with Crippen molar-refractivity contribution in [3.63, 3.8) is 0 Å². The highest BCUT2D eigenvalue weighted by Gasteiger charge is 1.94. The molecule has 0 spiro atoms. The van der Waals surface area contributed by atoms with Crippen molar-refractivity contribution in [3.8, 4) is 0 Å². The lowest BCUT2D eigenvalue weighted by Gasteiger charge is -1.96. The standard InChI is InChI=1S/C8H7ClS/c1-2-6-3-4-7(10)5-8(6)9/h2-5,10H,1H2. The van der Waals surface area contributed by atoms with Gasteiger partial charge in [-0.05, 0) is 17.7 Å². The van der Waals surface area contributed by atoms with E-state index in [1.165, 1.54) is 0 Å². The van der Waals surface area contributed by atoms with E-state index in [-0.39, 0.29) is 0 Å². The Morgan fingerprint density at radius 3 is 2.70 bits per heavy atom. The predicted octanol–water partition coefficient (Wildman–Crippen LogP) is 3.27. The number of thiol groups is 1. The number of halogens is 1. The van der Waals surface area contributed by atoms with E-state index in [1.807, 2.05) is 12.1 Å². The summed E-state index contributed by atoms with van der Waals surface area (Å²) < 4.78 is 0. The lowest BCUT2D eigenvalue weighted by molar-refractivity contribution is 1.46. The second kappa shape index (κ2) is 3.13. The van der Waals surface area contributed by atoms with Gasteiger partial charge in [-0.15, -0.1) is 12.6 Å². The molecule has 0 aliphatic heterocycles. The van der Waals surface area contributed by atoms with Gasteiger partial charge in [-0.2, -0.15) is 0 Å². The van der Waals surface area contributed by atoms with Gasteiger partial charge in [0.25, 0.3) is 0 Å². The summed E-state index contributed by atoms with van der Waals surface area (Å²) in [4.78, 5) is 0.871. The van der Waals surface area contributed by atoms with Crippen molar-refractivity contribution in [1.29, 1.82) is 0 Å². The lowest BCUT2D eigenvalue weighted by Crippen LogP contribution is -1.73. The van der Waals surface area contributed by atoms with Crippen LogP contribution in [0.1, 0.15) is 5.56 Å². The number of hydrogen-bond donors (Lipinski definition) is 1. The van der Waals surface area contributed by atoms with Crippen molar-refractivity contribution in [2.24, 2.45) is 0 Å². The molecule has 0 aliphatic carbocycles. The lowest BCUT2D eigenvalue weighted by atomic mass is 10.2. The fraction of sp³-hybridized carbons (Fsp3) is 0. The van der Waals surface area contributed by atoms with E-state index in [0.29, 0.717) is 5.02 Å². The number of hydrogen-bond acceptors (Lipinski definition) is 1. The summed E-state index contributed by atoms with van der Waals surface area (Å²) >= 11 is 9.93. The largest absolute Gasteiger partial charge is 0.143 e. The third kappa shape index (κ3) is 1.55. The van der Waals surface area contributed by atoms with Crippen molar-refractivity contribution >= 4 is 30.3 Å². The van der Waals surface area contributed by atoms with Crippen molar-refractivity contribution in [2.45, 2.75) is 4.90 Å². The highest BCUT2D eigenvalue weighted by atomic mass is 35.5. The van der Waals surface area contributed by atoms with Crippen LogP contribution < -0.4 is 0 Å². The molecule has 10 heavy (non-hydrogen) atoms. The summed E-state index contributed by atoms with van der Waals surface area (Å²) in [5.74, 6) is 0. The molecular weight excluding hydrogens is 164 g/mol. The molecule has 0 nitrogen and oxygen atoms in total. The number of benzene rings is 1. The smallest absolute Gasteiger partial charge is 0.0489 e. The van der Waals surface area contributed by atoms with Crippen LogP contribution in [-0.2, 0) is 0 Å². The molecule has 0 N–H and O–H groups in total. The highest BCUT2D eigenvalue weighted by molar-refractivity contribution is 7.80. The molecular formula is C8H7ClS. The van der Waals surface area contributed by atoms with Crippen molar-refractivity contribution in [3.05, 3.63) is 35.4 Å². The molecule has 0 atom stereocenters. The molecule has 0 bridgehead atoms. The van der Waals surface area contributed by atoms with Crippen LogP contribution in [0.4, 0.5) is 0 Å². The van der Waals surface area contributed by atoms with Crippen LogP contribution in [-0.4, -0.2) is 0 Å². The zero-order chi connectivity index (χ0) is 7.56. The van der Waals surface area contributed by atoms with Crippen LogP contribution in [0.3, 0.4) is 0 Å². The Labute approximate surface area is 70.9 Å². The van der Waals surface area contributed by atoms with Crippen LogP contribution in [0.15, 0.2) is 29.7 Å². The first-order valence-electron chi connectivity index (χ1n) is 2.85. The predicted molar refractivity (Wildman–Crippen MR) is 48.8 cm³/mol. The van der Waals surface area contributed by atoms with Gasteiger partial charge in [0, 0.05) is 9.92 Å². The Balaban J connectivity index is 3.19. The van der Waals surface area contributed by atoms with Gasteiger partial charge in [0.05, 0.1) is 0 Å². The summed E-state index contributed by atoms with van der Waals surface area (Å²) in [6.45, 7) is 3.61. The van der Waals surface area contributed by atoms with E-state index in [2.05, 4.69) is 19.2 Å². The highest BCUT2D eigenvalue weighted by Crippen LogP contribution is 2.20. The molecule has 2 heteroatoms. The minimum atomic E-state index is 0.697. The molecule has 0 amide bonds. The van der Waals surface area contributed by atoms with E-state index < -0.39 is 0 Å². The Hall–Kier alpha value is -0.400. The molecule has 0 aromatic heterocycles. The molecule has 1 aromatic carbocycles. The fourth-order valence-electron chi connectivity index (χ4n) is 0.682. The molecule has 0 unspecified atom stereocenters. The van der Waals surface area contributed by atoms with Gasteiger partial charge in [-0.25, -0.2) is 0 Å². The normalized spacial score (nSPS) is 9.40. The Kier molecular flexibility index (Phi) is 2.41. The summed E-state index contributed by atoms with van der Waals surface area (Å²) in [5, 5.41) is 0.697. The van der Waals surface area contributed by atoms with E-state index in [0.717, 1.165) is 10.5 Å². The van der Waals surface area contributed by atoms with Gasteiger partial charge in [-0.1, -0.05) is 30.3 Å². The van der Waals surface area contributed by atoms with E-state index in [4.69, 9.17) is 11.6 Å². The monoisotopic (exact) mass is 170 g/mol. The maximum atomic E-state index is 5.81. The molecule has 1 aromatic rings. The SMILES string of the molecule is C=Cc1ccc(S)cc1Cl. The zero-order valence-corrected chi connectivity index (χ0v) is 6.99. The second-order valence-electron chi connectivity index (χ2n) is 1.91. The van der Waals surface area contributed by atoms with Crippen LogP contribution in [0.5, 0.6) is 0 Å². The Bertz CT molecular complexity index is 255. The van der Waals surface area contributed by atoms with Gasteiger partial charge in [-0.3, -0.25) is 0 Å². The molecule has 0 saturated carbocycles. The summed E-state index contributed by atoms with van der Waals surface area (Å²) in [7, 11) is 0. The van der Waals surface area contributed by atoms with Crippen LogP contribution in [0, 0.1) is 0 Å². The van der Waals surface area contributed by atoms with Gasteiger partial charge < -0.3 is 0 Å². The molecule has 0 fully saturated rings. The van der Waals surface area contributed by atoms with Crippen LogP contribution in [0.2, 0.25) is 5.02 Å². The topological polar surface area (TPSA) is 0 Å². The Morgan fingerprint density at radius 1 is 1.50 bits per heavy atom. The van der Waals surface area contributed by atoms with E-state index in [1.54, 1.807) is 12.1 Å². The molecule has 0 radical (unpaired) electrons. The minimum Gasteiger partial charge on any atom is -0.143 e. The quantitative estimate of drug-likeness (QED) is 0.615. The molecule has 52 valence electrons. The maximum absolute atomic E-state index is 5.81. The van der Waals surface area contributed by atoms with E-state index >= 15 is 0 Å². The summed E-state index contributed by atoms with van der Waals surface area (Å²) in [6, 6.07) is 5.56. The van der Waals surface area contributed by atoms with Crippen molar-refractivity contribution in [2.75, 3.05) is 0 Å². The van der Waals surface area contributed by atoms with Gasteiger partial charge >= 0.3 is 0 Å². The van der Waals surface area contributed by atoms with Crippen molar-refractivity contribution in [1.82, 2.24) is 0 Å². The Morgan fingerprint density at radius 2 is 2.20 bits per heavy atom. The average Bonchev–Trinajstić information content (AvgIpc) is 1.88. The summed E-state index contributed by atoms with van der Waals surface area (Å²) in [5.41, 5.74) is 0.944. The first-order chi connectivity index (χ1) is 4.74. The molecule has 0 heterocycles. The van der Waals surface area contributed by atoms with Crippen LogP contribution in [0.25, 0.3) is 6.08 Å². The van der Waals surface area contributed by atoms with E-state index in [9.17, 15) is 0 Å².